The number of allylic oxidation sites excluding steroid dienone is 2. The van der Waals surface area contributed by atoms with Crippen molar-refractivity contribution < 1.29 is 10.2 Å². The minimum atomic E-state index is -0.411. The number of aliphatic hydroxyl groups excluding tert-OH is 1. The third-order valence-corrected chi connectivity index (χ3v) is 4.63. The maximum atomic E-state index is 10.3. The molecule has 0 bridgehead atoms. The van der Waals surface area contributed by atoms with Crippen molar-refractivity contribution in [3.05, 3.63) is 51.5 Å². The zero-order chi connectivity index (χ0) is 15.0. The molecular weight excluding hydrogens is 316 g/mol. The quantitative estimate of drug-likeness (QED) is 0.783. The van der Waals surface area contributed by atoms with Crippen LogP contribution in [-0.4, -0.2) is 16.3 Å². The summed E-state index contributed by atoms with van der Waals surface area (Å²) in [7, 11) is 0. The summed E-state index contributed by atoms with van der Waals surface area (Å²) in [6.07, 6.45) is 2.33. The fourth-order valence-corrected chi connectivity index (χ4v) is 3.61. The second kappa shape index (κ2) is 5.74. The van der Waals surface area contributed by atoms with Gasteiger partial charge in [0, 0.05) is 16.0 Å². The minimum absolute atomic E-state index is 0.0731. The molecule has 0 aromatic heterocycles. The summed E-state index contributed by atoms with van der Waals surface area (Å²) in [4.78, 5) is 0. The van der Waals surface area contributed by atoms with Gasteiger partial charge in [0.1, 0.15) is 5.75 Å². The number of halogens is 1. The highest BCUT2D eigenvalue weighted by atomic mass is 79.9. The number of aromatic hydroxyl groups is 1. The van der Waals surface area contributed by atoms with Crippen LogP contribution in [0.3, 0.4) is 0 Å². The van der Waals surface area contributed by atoms with E-state index in [0.29, 0.717) is 12.2 Å². The van der Waals surface area contributed by atoms with E-state index in [4.69, 9.17) is 0 Å². The molecule has 1 aromatic rings. The highest BCUT2D eigenvalue weighted by molar-refractivity contribution is 9.10. The second-order valence-electron chi connectivity index (χ2n) is 5.80. The summed E-state index contributed by atoms with van der Waals surface area (Å²) < 4.78 is 0.875. The molecule has 108 valence electrons. The first-order valence-corrected chi connectivity index (χ1v) is 7.61. The molecule has 0 saturated carbocycles. The molecule has 20 heavy (non-hydrogen) atoms. The highest BCUT2D eigenvalue weighted by Gasteiger charge is 2.32. The van der Waals surface area contributed by atoms with Crippen LogP contribution in [0.15, 0.2) is 40.4 Å². The molecule has 2 nitrogen and oxygen atoms in total. The predicted octanol–water partition coefficient (Wildman–Crippen LogP) is 4.45. The van der Waals surface area contributed by atoms with Gasteiger partial charge in [-0.1, -0.05) is 34.2 Å². The molecule has 2 N–H and O–H groups in total. The Kier molecular flexibility index (Phi) is 4.40. The first-order valence-electron chi connectivity index (χ1n) is 6.82. The molecule has 0 aliphatic heterocycles. The van der Waals surface area contributed by atoms with Crippen molar-refractivity contribution in [3.8, 4) is 5.75 Å². The monoisotopic (exact) mass is 336 g/mol. The van der Waals surface area contributed by atoms with Crippen molar-refractivity contribution in [2.45, 2.75) is 39.2 Å². The lowest BCUT2D eigenvalue weighted by Crippen LogP contribution is -2.26. The predicted molar refractivity (Wildman–Crippen MR) is 86.0 cm³/mol. The Morgan fingerprint density at radius 2 is 2.00 bits per heavy atom. The molecule has 0 fully saturated rings. The molecule has 0 radical (unpaired) electrons. The topological polar surface area (TPSA) is 40.5 Å². The average Bonchev–Trinajstić information content (AvgIpc) is 2.31. The second-order valence-corrected chi connectivity index (χ2v) is 6.71. The third kappa shape index (κ3) is 2.84. The van der Waals surface area contributed by atoms with Gasteiger partial charge < -0.3 is 10.2 Å². The van der Waals surface area contributed by atoms with E-state index in [9.17, 15) is 10.2 Å². The maximum Gasteiger partial charge on any atom is 0.120 e. The van der Waals surface area contributed by atoms with Gasteiger partial charge >= 0.3 is 0 Å². The van der Waals surface area contributed by atoms with E-state index in [2.05, 4.69) is 28.6 Å². The van der Waals surface area contributed by atoms with Crippen LogP contribution in [-0.2, 0) is 0 Å². The first kappa shape index (κ1) is 15.3. The van der Waals surface area contributed by atoms with Gasteiger partial charge in [0.25, 0.3) is 0 Å². The summed E-state index contributed by atoms with van der Waals surface area (Å²) in [5, 5.41) is 20.4. The highest BCUT2D eigenvalue weighted by Crippen LogP contribution is 2.44. The number of phenolic OH excluding ortho intramolecular Hbond substituents is 1. The lowest BCUT2D eigenvalue weighted by Gasteiger charge is -2.34. The number of aliphatic hydroxyl groups is 1. The van der Waals surface area contributed by atoms with Crippen LogP contribution >= 0.6 is 15.9 Å². The fraction of sp³-hybridized carbons (Fsp3) is 0.412. The molecule has 0 amide bonds. The molecule has 1 aliphatic carbocycles. The van der Waals surface area contributed by atoms with Crippen molar-refractivity contribution in [1.82, 2.24) is 0 Å². The van der Waals surface area contributed by atoms with Crippen LogP contribution in [0.25, 0.3) is 0 Å². The summed E-state index contributed by atoms with van der Waals surface area (Å²) in [6.45, 7) is 10.00. The molecule has 0 unspecified atom stereocenters. The normalized spacial score (nSPS) is 26.2. The third-order valence-electron chi connectivity index (χ3n) is 4.17. The molecule has 0 saturated heterocycles. The SMILES string of the molecule is C=C(C)[C@@H]1C[C@H](O)C(C)=C[C@H]1c1c(C)cc(Br)cc1O. The Balaban J connectivity index is 2.56. The van der Waals surface area contributed by atoms with Gasteiger partial charge in [0.15, 0.2) is 0 Å². The first-order chi connectivity index (χ1) is 9.31. The van der Waals surface area contributed by atoms with Gasteiger partial charge in [-0.3, -0.25) is 0 Å². The number of rotatable bonds is 2. The molecule has 0 spiro atoms. The number of phenols is 1. The Labute approximate surface area is 129 Å². The summed E-state index contributed by atoms with van der Waals surface area (Å²) in [5.41, 5.74) is 4.00. The number of hydrogen-bond acceptors (Lipinski definition) is 2. The van der Waals surface area contributed by atoms with Crippen LogP contribution in [0.4, 0.5) is 0 Å². The largest absolute Gasteiger partial charge is 0.508 e. The molecule has 2 rings (SSSR count). The minimum Gasteiger partial charge on any atom is -0.508 e. The van der Waals surface area contributed by atoms with Gasteiger partial charge in [-0.25, -0.2) is 0 Å². The zero-order valence-electron chi connectivity index (χ0n) is 12.2. The summed E-state index contributed by atoms with van der Waals surface area (Å²) in [5.74, 6) is 0.525. The van der Waals surface area contributed by atoms with E-state index >= 15 is 0 Å². The smallest absolute Gasteiger partial charge is 0.120 e. The van der Waals surface area contributed by atoms with Gasteiger partial charge in [0.05, 0.1) is 6.10 Å². The van der Waals surface area contributed by atoms with E-state index in [0.717, 1.165) is 26.7 Å². The Morgan fingerprint density at radius 1 is 1.35 bits per heavy atom. The lowest BCUT2D eigenvalue weighted by atomic mass is 9.72. The number of hydrogen-bond donors (Lipinski definition) is 2. The van der Waals surface area contributed by atoms with Crippen LogP contribution in [0.5, 0.6) is 5.75 Å². The Bertz CT molecular complexity index is 551. The molecule has 0 heterocycles. The van der Waals surface area contributed by atoms with Gasteiger partial charge in [-0.05, 0) is 56.4 Å². The van der Waals surface area contributed by atoms with Crippen molar-refractivity contribution in [2.75, 3.05) is 0 Å². The van der Waals surface area contributed by atoms with E-state index in [1.54, 1.807) is 6.07 Å². The molecule has 3 heteroatoms. The molecular formula is C17H21BrO2. The number of benzene rings is 1. The van der Waals surface area contributed by atoms with Gasteiger partial charge in [-0.2, -0.15) is 0 Å². The summed E-state index contributed by atoms with van der Waals surface area (Å²) >= 11 is 3.40. The molecule has 3 atom stereocenters. The zero-order valence-corrected chi connectivity index (χ0v) is 13.7. The van der Waals surface area contributed by atoms with E-state index in [-0.39, 0.29) is 11.8 Å². The molecule has 1 aliphatic rings. The van der Waals surface area contributed by atoms with Crippen LogP contribution in [0, 0.1) is 12.8 Å². The Hall–Kier alpha value is -1.06. The van der Waals surface area contributed by atoms with Crippen molar-refractivity contribution >= 4 is 15.9 Å². The van der Waals surface area contributed by atoms with E-state index in [1.165, 1.54) is 0 Å². The lowest BCUT2D eigenvalue weighted by molar-refractivity contribution is 0.168. The van der Waals surface area contributed by atoms with Crippen LogP contribution < -0.4 is 0 Å². The average molecular weight is 337 g/mol. The molecule has 1 aromatic carbocycles. The van der Waals surface area contributed by atoms with Gasteiger partial charge in [-0.15, -0.1) is 0 Å². The van der Waals surface area contributed by atoms with Crippen LogP contribution in [0.1, 0.15) is 37.3 Å². The van der Waals surface area contributed by atoms with Gasteiger partial charge in [0.2, 0.25) is 0 Å². The van der Waals surface area contributed by atoms with E-state index in [1.807, 2.05) is 26.8 Å². The van der Waals surface area contributed by atoms with E-state index < -0.39 is 6.10 Å². The van der Waals surface area contributed by atoms with Crippen molar-refractivity contribution in [1.29, 1.82) is 0 Å². The number of aryl methyl sites for hydroxylation is 1. The standard InChI is InChI=1S/C17H21BrO2/c1-9(2)13-8-15(19)10(3)6-14(13)17-11(4)5-12(18)7-16(17)20/h5-7,13-15,19-20H,1,8H2,2-4H3/t13-,14+,15-/m0/s1. The Morgan fingerprint density at radius 3 is 2.55 bits per heavy atom. The van der Waals surface area contributed by atoms with Crippen molar-refractivity contribution in [3.63, 3.8) is 0 Å². The van der Waals surface area contributed by atoms with Crippen molar-refractivity contribution in [2.24, 2.45) is 5.92 Å². The van der Waals surface area contributed by atoms with Crippen LogP contribution in [0.2, 0.25) is 0 Å². The summed E-state index contributed by atoms with van der Waals surface area (Å²) in [6, 6.07) is 3.74. The fourth-order valence-electron chi connectivity index (χ4n) is 3.05. The maximum absolute atomic E-state index is 10.3.